The van der Waals surface area contributed by atoms with Crippen molar-refractivity contribution in [2.75, 3.05) is 17.3 Å². The van der Waals surface area contributed by atoms with E-state index in [4.69, 9.17) is 4.74 Å². The first-order valence-electron chi connectivity index (χ1n) is 8.78. The number of aryl methyl sites for hydroxylation is 2. The number of carbonyl (C=O) groups is 4. The van der Waals surface area contributed by atoms with Crippen molar-refractivity contribution >= 4 is 51.5 Å². The van der Waals surface area contributed by atoms with Gasteiger partial charge in [0.1, 0.15) is 4.88 Å². The Hall–Kier alpha value is -3.60. The number of rotatable bonds is 8. The number of Topliss-reactive ketones (excluding diaryl/α,β-unsaturated/α-hetero) is 1. The summed E-state index contributed by atoms with van der Waals surface area (Å²) in [5.74, 6) is -3.26. The molecule has 10 nitrogen and oxygen atoms in total. The highest BCUT2D eigenvalue weighted by Gasteiger charge is 2.22. The number of ether oxygens (including phenoxy) is 1. The Kier molecular flexibility index (Phi) is 7.37. The maximum absolute atomic E-state index is 12.5. The lowest BCUT2D eigenvalue weighted by molar-refractivity contribution is -0.114. The number of amides is 1. The van der Waals surface area contributed by atoms with Gasteiger partial charge in [-0.1, -0.05) is 17.4 Å². The molecule has 0 saturated heterocycles. The van der Waals surface area contributed by atoms with Gasteiger partial charge in [0.2, 0.25) is 0 Å². The van der Waals surface area contributed by atoms with Gasteiger partial charge in [-0.15, -0.1) is 0 Å². The minimum Gasteiger partial charge on any atom is -0.478 e. The number of nitrogens with one attached hydrogen (secondary N) is 2. The summed E-state index contributed by atoms with van der Waals surface area (Å²) in [5, 5.41) is 15.6. The van der Waals surface area contributed by atoms with Crippen LogP contribution in [0.15, 0.2) is 23.3 Å². The average molecular weight is 432 g/mol. The lowest BCUT2D eigenvalue weighted by Crippen LogP contribution is -2.29. The van der Waals surface area contributed by atoms with E-state index in [-0.39, 0.29) is 27.9 Å². The van der Waals surface area contributed by atoms with Gasteiger partial charge in [-0.05, 0) is 38.5 Å². The number of anilines is 2. The fourth-order valence-electron chi connectivity index (χ4n) is 2.33. The molecule has 30 heavy (non-hydrogen) atoms. The predicted molar refractivity (Wildman–Crippen MR) is 111 cm³/mol. The summed E-state index contributed by atoms with van der Waals surface area (Å²) in [7, 11) is 0. The first-order chi connectivity index (χ1) is 14.1. The lowest BCUT2D eigenvalue weighted by atomic mass is 10.1. The highest BCUT2D eigenvalue weighted by Crippen LogP contribution is 2.23. The lowest BCUT2D eigenvalue weighted by Gasteiger charge is -2.08. The van der Waals surface area contributed by atoms with E-state index < -0.39 is 29.3 Å². The van der Waals surface area contributed by atoms with Gasteiger partial charge in [0.15, 0.2) is 16.6 Å². The summed E-state index contributed by atoms with van der Waals surface area (Å²) < 4.78 is 4.92. The van der Waals surface area contributed by atoms with Crippen molar-refractivity contribution in [3.8, 4) is 0 Å². The molecule has 0 aliphatic rings. The van der Waals surface area contributed by atoms with Crippen LogP contribution in [0.4, 0.5) is 10.8 Å². The summed E-state index contributed by atoms with van der Waals surface area (Å²) >= 11 is 0.906. The molecule has 2 aromatic rings. The van der Waals surface area contributed by atoms with E-state index in [0.29, 0.717) is 5.69 Å². The smallest absolute Gasteiger partial charge is 0.350 e. The van der Waals surface area contributed by atoms with Crippen molar-refractivity contribution in [3.05, 3.63) is 39.9 Å². The Labute approximate surface area is 176 Å². The first kappa shape index (κ1) is 22.7. The molecule has 3 N–H and O–H groups in total. The van der Waals surface area contributed by atoms with Gasteiger partial charge in [0.05, 0.1) is 23.6 Å². The number of carbonyl (C=O) groups excluding carboxylic acids is 3. The van der Waals surface area contributed by atoms with Crippen LogP contribution in [0.2, 0.25) is 0 Å². The topological polar surface area (TPSA) is 147 Å². The molecule has 1 aromatic heterocycles. The summed E-state index contributed by atoms with van der Waals surface area (Å²) in [4.78, 5) is 52.0. The molecule has 0 fully saturated rings. The van der Waals surface area contributed by atoms with Crippen LogP contribution in [0.1, 0.15) is 45.1 Å². The molecule has 0 atom stereocenters. The van der Waals surface area contributed by atoms with Crippen LogP contribution in [0.25, 0.3) is 0 Å². The van der Waals surface area contributed by atoms with E-state index in [9.17, 15) is 24.3 Å². The van der Waals surface area contributed by atoms with Crippen LogP contribution in [0.5, 0.6) is 0 Å². The quantitative estimate of drug-likeness (QED) is 0.250. The molecule has 1 heterocycles. The number of hydrogen-bond acceptors (Lipinski definition) is 9. The number of hydrogen-bond donors (Lipinski definition) is 3. The van der Waals surface area contributed by atoms with Crippen LogP contribution in [-0.4, -0.2) is 46.0 Å². The Morgan fingerprint density at radius 1 is 1.23 bits per heavy atom. The maximum Gasteiger partial charge on any atom is 0.350 e. The number of carboxylic acids is 1. The van der Waals surface area contributed by atoms with Crippen molar-refractivity contribution in [1.29, 1.82) is 0 Å². The number of ketones is 1. The minimum atomic E-state index is -1.19. The first-order valence-corrected chi connectivity index (χ1v) is 9.60. The largest absolute Gasteiger partial charge is 0.478 e. The number of aromatic nitrogens is 1. The van der Waals surface area contributed by atoms with Gasteiger partial charge in [-0.3, -0.25) is 20.3 Å². The van der Waals surface area contributed by atoms with Crippen LogP contribution in [0.3, 0.4) is 0 Å². The van der Waals surface area contributed by atoms with E-state index in [1.807, 2.05) is 0 Å². The van der Waals surface area contributed by atoms with Crippen LogP contribution in [-0.2, 0) is 14.3 Å². The van der Waals surface area contributed by atoms with Crippen molar-refractivity contribution in [3.63, 3.8) is 0 Å². The van der Waals surface area contributed by atoms with E-state index in [1.54, 1.807) is 26.8 Å². The monoisotopic (exact) mass is 432 g/mol. The van der Waals surface area contributed by atoms with E-state index in [0.717, 1.165) is 23.8 Å². The van der Waals surface area contributed by atoms with Gasteiger partial charge in [-0.25, -0.2) is 14.6 Å². The van der Waals surface area contributed by atoms with Gasteiger partial charge in [0.25, 0.3) is 5.91 Å². The SMILES string of the molecule is CCOC(=O)c1sc(NC(=O)/C(=N/Nc2cc(C)ccc2C(=O)O)C(C)=O)nc1C. The average Bonchev–Trinajstić information content (AvgIpc) is 3.01. The zero-order valence-electron chi connectivity index (χ0n) is 16.7. The van der Waals surface area contributed by atoms with E-state index in [1.165, 1.54) is 12.1 Å². The molecule has 158 valence electrons. The second kappa shape index (κ2) is 9.74. The standard InChI is InChI=1S/C19H20N4O6S/c1-5-29-18(28)15-10(3)20-19(30-15)21-16(25)14(11(4)24)23-22-13-8-9(2)6-7-12(13)17(26)27/h6-8,22H,5H2,1-4H3,(H,26,27)(H,20,21,25)/b23-14+. The molecule has 1 aromatic carbocycles. The molecule has 0 saturated carbocycles. The van der Waals surface area contributed by atoms with Crippen molar-refractivity contribution in [2.45, 2.75) is 27.7 Å². The van der Waals surface area contributed by atoms with E-state index in [2.05, 4.69) is 20.8 Å². The molecule has 0 bridgehead atoms. The normalized spacial score (nSPS) is 11.0. The fraction of sp³-hybridized carbons (Fsp3) is 0.263. The molecular weight excluding hydrogens is 412 g/mol. The Morgan fingerprint density at radius 2 is 1.93 bits per heavy atom. The summed E-state index contributed by atoms with van der Waals surface area (Å²) in [6.07, 6.45) is 0. The van der Waals surface area contributed by atoms with Crippen molar-refractivity contribution in [2.24, 2.45) is 5.10 Å². The molecule has 0 aliphatic heterocycles. The molecule has 0 radical (unpaired) electrons. The summed E-state index contributed by atoms with van der Waals surface area (Å²) in [5.41, 5.74) is 3.18. The Morgan fingerprint density at radius 3 is 2.53 bits per heavy atom. The minimum absolute atomic E-state index is 0.0673. The second-order valence-corrected chi connectivity index (χ2v) is 7.09. The molecular formula is C19H20N4O6S. The fourth-order valence-corrected chi connectivity index (χ4v) is 3.19. The maximum atomic E-state index is 12.5. The van der Waals surface area contributed by atoms with Crippen LogP contribution >= 0.6 is 11.3 Å². The number of carboxylic acid groups (broad SMARTS) is 1. The molecule has 0 unspecified atom stereocenters. The van der Waals surface area contributed by atoms with E-state index >= 15 is 0 Å². The molecule has 2 rings (SSSR count). The van der Waals surface area contributed by atoms with Crippen LogP contribution < -0.4 is 10.7 Å². The number of hydrazone groups is 1. The zero-order chi connectivity index (χ0) is 22.4. The summed E-state index contributed by atoms with van der Waals surface area (Å²) in [6, 6.07) is 4.53. The van der Waals surface area contributed by atoms with Gasteiger partial charge < -0.3 is 9.84 Å². The number of benzene rings is 1. The molecule has 0 spiro atoms. The Bertz CT molecular complexity index is 1040. The highest BCUT2D eigenvalue weighted by molar-refractivity contribution is 7.17. The number of esters is 1. The van der Waals surface area contributed by atoms with Gasteiger partial charge in [0, 0.05) is 6.92 Å². The van der Waals surface area contributed by atoms with Gasteiger partial charge >= 0.3 is 11.9 Å². The third kappa shape index (κ3) is 5.47. The number of nitrogens with zero attached hydrogens (tertiary/aromatic N) is 2. The van der Waals surface area contributed by atoms with Crippen molar-refractivity contribution < 1.29 is 29.0 Å². The zero-order valence-corrected chi connectivity index (χ0v) is 17.5. The Balaban J connectivity index is 2.25. The molecule has 1 amide bonds. The molecule has 11 heteroatoms. The van der Waals surface area contributed by atoms with Crippen LogP contribution in [0, 0.1) is 13.8 Å². The molecule has 0 aliphatic carbocycles. The number of aromatic carboxylic acids is 1. The van der Waals surface area contributed by atoms with Gasteiger partial charge in [-0.2, -0.15) is 5.10 Å². The second-order valence-electron chi connectivity index (χ2n) is 6.09. The summed E-state index contributed by atoms with van der Waals surface area (Å²) in [6.45, 7) is 6.35. The third-order valence-corrected chi connectivity index (χ3v) is 4.77. The predicted octanol–water partition coefficient (Wildman–Crippen LogP) is 2.63. The number of thiazole rings is 1. The van der Waals surface area contributed by atoms with Crippen molar-refractivity contribution in [1.82, 2.24) is 4.98 Å². The highest BCUT2D eigenvalue weighted by atomic mass is 32.1. The third-order valence-electron chi connectivity index (χ3n) is 3.72.